The van der Waals surface area contributed by atoms with Crippen LogP contribution >= 0.6 is 11.6 Å². The SMILES string of the molecule is O=C1Nc2cc(Cl)ccc2[C@]12CCNC2. The van der Waals surface area contributed by atoms with Crippen LogP contribution in [0.5, 0.6) is 0 Å². The number of carbonyl (C=O) groups is 1. The lowest BCUT2D eigenvalue weighted by atomic mass is 9.81. The zero-order chi connectivity index (χ0) is 10.5. The number of rotatable bonds is 0. The van der Waals surface area contributed by atoms with Gasteiger partial charge in [0.05, 0.1) is 5.41 Å². The van der Waals surface area contributed by atoms with E-state index >= 15 is 0 Å². The Morgan fingerprint density at radius 2 is 2.27 bits per heavy atom. The van der Waals surface area contributed by atoms with Crippen molar-refractivity contribution in [3.05, 3.63) is 28.8 Å². The smallest absolute Gasteiger partial charge is 0.236 e. The molecule has 0 saturated carbocycles. The molecule has 0 aliphatic carbocycles. The Balaban J connectivity index is 2.17. The summed E-state index contributed by atoms with van der Waals surface area (Å²) in [6.45, 7) is 1.63. The molecule has 78 valence electrons. The second-order valence-electron chi connectivity index (χ2n) is 4.15. The van der Waals surface area contributed by atoms with Gasteiger partial charge in [-0.05, 0) is 30.7 Å². The molecule has 1 atom stereocenters. The number of carbonyl (C=O) groups excluding carboxylic acids is 1. The van der Waals surface area contributed by atoms with E-state index in [2.05, 4.69) is 10.6 Å². The molecule has 4 heteroatoms. The Bertz CT molecular complexity index is 438. The first-order valence-electron chi connectivity index (χ1n) is 5.05. The van der Waals surface area contributed by atoms with Crippen LogP contribution in [0.25, 0.3) is 0 Å². The van der Waals surface area contributed by atoms with Crippen molar-refractivity contribution >= 4 is 23.2 Å². The summed E-state index contributed by atoms with van der Waals surface area (Å²) in [6, 6.07) is 5.63. The zero-order valence-electron chi connectivity index (χ0n) is 8.14. The van der Waals surface area contributed by atoms with Crippen molar-refractivity contribution in [2.75, 3.05) is 18.4 Å². The van der Waals surface area contributed by atoms with Gasteiger partial charge in [-0.15, -0.1) is 0 Å². The number of hydrogen-bond acceptors (Lipinski definition) is 2. The molecule has 15 heavy (non-hydrogen) atoms. The molecule has 1 fully saturated rings. The van der Waals surface area contributed by atoms with Gasteiger partial charge >= 0.3 is 0 Å². The van der Waals surface area contributed by atoms with E-state index in [4.69, 9.17) is 11.6 Å². The first-order chi connectivity index (χ1) is 7.22. The summed E-state index contributed by atoms with van der Waals surface area (Å²) in [5, 5.41) is 6.82. The standard InChI is InChI=1S/C11H11ClN2O/c12-7-1-2-8-9(5-7)14-10(15)11(8)3-4-13-6-11/h1-2,5,13H,3-4,6H2,(H,14,15)/t11-/m1/s1. The van der Waals surface area contributed by atoms with Crippen LogP contribution in [0.3, 0.4) is 0 Å². The van der Waals surface area contributed by atoms with E-state index in [1.54, 1.807) is 0 Å². The Labute approximate surface area is 92.8 Å². The molecule has 2 aliphatic rings. The third kappa shape index (κ3) is 1.13. The number of nitrogens with one attached hydrogen (secondary N) is 2. The van der Waals surface area contributed by atoms with E-state index in [0.29, 0.717) is 5.02 Å². The quantitative estimate of drug-likeness (QED) is 0.699. The van der Waals surface area contributed by atoms with Crippen molar-refractivity contribution in [3.63, 3.8) is 0 Å². The van der Waals surface area contributed by atoms with Crippen LogP contribution in [0.15, 0.2) is 18.2 Å². The van der Waals surface area contributed by atoms with Gasteiger partial charge in [-0.25, -0.2) is 0 Å². The molecule has 2 aliphatic heterocycles. The number of benzene rings is 1. The second-order valence-corrected chi connectivity index (χ2v) is 4.59. The van der Waals surface area contributed by atoms with Crippen molar-refractivity contribution in [2.45, 2.75) is 11.8 Å². The highest BCUT2D eigenvalue weighted by atomic mass is 35.5. The number of amides is 1. The van der Waals surface area contributed by atoms with Gasteiger partial charge in [-0.2, -0.15) is 0 Å². The van der Waals surface area contributed by atoms with Crippen LogP contribution < -0.4 is 10.6 Å². The number of anilines is 1. The maximum atomic E-state index is 12.0. The molecule has 1 aromatic rings. The second kappa shape index (κ2) is 2.97. The van der Waals surface area contributed by atoms with Crippen molar-refractivity contribution in [1.29, 1.82) is 0 Å². The highest BCUT2D eigenvalue weighted by molar-refractivity contribution is 6.31. The summed E-state index contributed by atoms with van der Waals surface area (Å²) in [5.41, 5.74) is 1.61. The van der Waals surface area contributed by atoms with E-state index in [-0.39, 0.29) is 11.3 Å². The van der Waals surface area contributed by atoms with Crippen molar-refractivity contribution in [3.8, 4) is 0 Å². The molecular formula is C11H11ClN2O. The summed E-state index contributed by atoms with van der Waals surface area (Å²) < 4.78 is 0. The van der Waals surface area contributed by atoms with Crippen molar-refractivity contribution < 1.29 is 4.79 Å². The summed E-state index contributed by atoms with van der Waals surface area (Å²) in [5.74, 6) is 0.102. The average Bonchev–Trinajstić information content (AvgIpc) is 2.76. The fourth-order valence-corrected chi connectivity index (χ4v) is 2.69. The monoisotopic (exact) mass is 222 g/mol. The molecule has 1 spiro atoms. The molecule has 0 aromatic heterocycles. The third-order valence-corrected chi connectivity index (χ3v) is 3.57. The van der Waals surface area contributed by atoms with Gasteiger partial charge in [-0.3, -0.25) is 4.79 Å². The molecule has 0 unspecified atom stereocenters. The highest BCUT2D eigenvalue weighted by Gasteiger charge is 2.48. The number of halogens is 1. The maximum Gasteiger partial charge on any atom is 0.236 e. The summed E-state index contributed by atoms with van der Waals surface area (Å²) in [7, 11) is 0. The predicted molar refractivity (Wildman–Crippen MR) is 59.2 cm³/mol. The fraction of sp³-hybridized carbons (Fsp3) is 0.364. The molecule has 2 N–H and O–H groups in total. The molecule has 1 aromatic carbocycles. The average molecular weight is 223 g/mol. The fourth-order valence-electron chi connectivity index (χ4n) is 2.52. The maximum absolute atomic E-state index is 12.0. The molecular weight excluding hydrogens is 212 g/mol. The lowest BCUT2D eigenvalue weighted by molar-refractivity contribution is -0.120. The predicted octanol–water partition coefficient (Wildman–Crippen LogP) is 1.52. The van der Waals surface area contributed by atoms with E-state index in [1.165, 1.54) is 0 Å². The van der Waals surface area contributed by atoms with Gasteiger partial charge in [-0.1, -0.05) is 17.7 Å². The Kier molecular flexibility index (Phi) is 1.82. The van der Waals surface area contributed by atoms with Gasteiger partial charge in [0.2, 0.25) is 5.91 Å². The Morgan fingerprint density at radius 3 is 3.00 bits per heavy atom. The molecule has 1 amide bonds. The normalized spacial score (nSPS) is 28.2. The molecule has 2 heterocycles. The molecule has 0 radical (unpaired) electrons. The first kappa shape index (κ1) is 9.19. The van der Waals surface area contributed by atoms with Crippen LogP contribution in [-0.4, -0.2) is 19.0 Å². The summed E-state index contributed by atoms with van der Waals surface area (Å²) in [6.07, 6.45) is 0.869. The van der Waals surface area contributed by atoms with Crippen LogP contribution in [0.2, 0.25) is 5.02 Å². The summed E-state index contributed by atoms with van der Waals surface area (Å²) in [4.78, 5) is 12.0. The third-order valence-electron chi connectivity index (χ3n) is 3.34. The topological polar surface area (TPSA) is 41.1 Å². The van der Waals surface area contributed by atoms with Gasteiger partial charge < -0.3 is 10.6 Å². The minimum atomic E-state index is -0.347. The highest BCUT2D eigenvalue weighted by Crippen LogP contribution is 2.42. The lowest BCUT2D eigenvalue weighted by Gasteiger charge is -2.19. The largest absolute Gasteiger partial charge is 0.325 e. The van der Waals surface area contributed by atoms with E-state index in [1.807, 2.05) is 18.2 Å². The van der Waals surface area contributed by atoms with Crippen LogP contribution in [0.4, 0.5) is 5.69 Å². The van der Waals surface area contributed by atoms with Crippen LogP contribution in [0.1, 0.15) is 12.0 Å². The van der Waals surface area contributed by atoms with Gasteiger partial charge in [0.25, 0.3) is 0 Å². The van der Waals surface area contributed by atoms with Gasteiger partial charge in [0.15, 0.2) is 0 Å². The lowest BCUT2D eigenvalue weighted by Crippen LogP contribution is -2.36. The van der Waals surface area contributed by atoms with E-state index < -0.39 is 0 Å². The summed E-state index contributed by atoms with van der Waals surface area (Å²) >= 11 is 5.90. The first-order valence-corrected chi connectivity index (χ1v) is 5.42. The minimum absolute atomic E-state index is 0.102. The van der Waals surface area contributed by atoms with Crippen LogP contribution in [-0.2, 0) is 10.2 Å². The van der Waals surface area contributed by atoms with E-state index in [0.717, 1.165) is 30.8 Å². The minimum Gasteiger partial charge on any atom is -0.325 e. The molecule has 1 saturated heterocycles. The van der Waals surface area contributed by atoms with Crippen LogP contribution in [0, 0.1) is 0 Å². The Morgan fingerprint density at radius 1 is 1.40 bits per heavy atom. The Hall–Kier alpha value is -1.06. The molecule has 0 bridgehead atoms. The molecule has 3 nitrogen and oxygen atoms in total. The zero-order valence-corrected chi connectivity index (χ0v) is 8.90. The number of fused-ring (bicyclic) bond motifs is 2. The van der Waals surface area contributed by atoms with Gasteiger partial charge in [0.1, 0.15) is 0 Å². The number of hydrogen-bond donors (Lipinski definition) is 2. The van der Waals surface area contributed by atoms with Crippen molar-refractivity contribution in [1.82, 2.24) is 5.32 Å². The van der Waals surface area contributed by atoms with Gasteiger partial charge in [0, 0.05) is 17.3 Å². The van der Waals surface area contributed by atoms with Crippen molar-refractivity contribution in [2.24, 2.45) is 0 Å². The molecule has 3 rings (SSSR count). The van der Waals surface area contributed by atoms with E-state index in [9.17, 15) is 4.79 Å².